The molecule has 1 heterocycles. The Morgan fingerprint density at radius 1 is 1.58 bits per heavy atom. The Morgan fingerprint density at radius 3 is 2.92 bits per heavy atom. The smallest absolute Gasteiger partial charge is 0.307 e. The van der Waals surface area contributed by atoms with Crippen molar-refractivity contribution in [1.82, 2.24) is 4.90 Å². The van der Waals surface area contributed by atoms with Gasteiger partial charge in [-0.3, -0.25) is 4.79 Å². The molecule has 1 saturated heterocycles. The van der Waals surface area contributed by atoms with E-state index in [2.05, 4.69) is 16.7 Å². The summed E-state index contributed by atoms with van der Waals surface area (Å²) in [7, 11) is 3.53. The van der Waals surface area contributed by atoms with Gasteiger partial charge in [0, 0.05) is 6.04 Å². The van der Waals surface area contributed by atoms with Crippen molar-refractivity contribution in [3.8, 4) is 0 Å². The molecule has 0 bridgehead atoms. The summed E-state index contributed by atoms with van der Waals surface area (Å²) in [6.45, 7) is 1.11. The Morgan fingerprint density at radius 2 is 2.33 bits per heavy atom. The van der Waals surface area contributed by atoms with Gasteiger partial charge in [-0.1, -0.05) is 6.42 Å². The van der Waals surface area contributed by atoms with Crippen molar-refractivity contribution in [2.24, 2.45) is 0 Å². The molecular weight excluding hydrogens is 154 g/mol. The molecule has 0 aromatic rings. The van der Waals surface area contributed by atoms with E-state index in [1.54, 1.807) is 0 Å². The molecule has 0 unspecified atom stereocenters. The standard InChI is InChI=1S/C9H17NO2/c1-10-6-4-3-5-8(10)7-9(11)12-2/h8H,3-7H2,1-2H3/t8-/m1/s1. The molecule has 0 aromatic heterocycles. The third-order valence-electron chi connectivity index (χ3n) is 2.55. The minimum Gasteiger partial charge on any atom is -0.469 e. The largest absolute Gasteiger partial charge is 0.469 e. The molecule has 1 fully saturated rings. The summed E-state index contributed by atoms with van der Waals surface area (Å²) < 4.78 is 4.64. The van der Waals surface area contributed by atoms with Crippen molar-refractivity contribution in [3.63, 3.8) is 0 Å². The molecule has 3 heteroatoms. The van der Waals surface area contributed by atoms with Gasteiger partial charge in [-0.05, 0) is 26.4 Å². The Bertz CT molecular complexity index is 159. The van der Waals surface area contributed by atoms with Gasteiger partial charge in [-0.25, -0.2) is 0 Å². The van der Waals surface area contributed by atoms with E-state index < -0.39 is 0 Å². The number of ether oxygens (including phenoxy) is 1. The molecule has 1 aliphatic heterocycles. The monoisotopic (exact) mass is 171 g/mol. The Hall–Kier alpha value is -0.570. The normalized spacial score (nSPS) is 25.3. The number of methoxy groups -OCH3 is 1. The minimum absolute atomic E-state index is 0.0891. The van der Waals surface area contributed by atoms with Crippen LogP contribution in [0.4, 0.5) is 0 Å². The number of hydrogen-bond donors (Lipinski definition) is 0. The van der Waals surface area contributed by atoms with Crippen molar-refractivity contribution in [1.29, 1.82) is 0 Å². The second-order valence-corrected chi connectivity index (χ2v) is 3.41. The first kappa shape index (κ1) is 9.52. The van der Waals surface area contributed by atoms with Gasteiger partial charge in [0.1, 0.15) is 0 Å². The first-order valence-corrected chi connectivity index (χ1v) is 4.51. The van der Waals surface area contributed by atoms with E-state index in [1.807, 2.05) is 0 Å². The third-order valence-corrected chi connectivity index (χ3v) is 2.55. The molecule has 0 spiro atoms. The van der Waals surface area contributed by atoms with E-state index in [0.29, 0.717) is 12.5 Å². The SMILES string of the molecule is COC(=O)C[C@H]1CCCCN1C. The highest BCUT2D eigenvalue weighted by Crippen LogP contribution is 2.17. The van der Waals surface area contributed by atoms with Crippen LogP contribution in [0.1, 0.15) is 25.7 Å². The number of carbonyl (C=O) groups is 1. The molecule has 0 aromatic carbocycles. The minimum atomic E-state index is -0.0891. The molecule has 1 aliphatic rings. The van der Waals surface area contributed by atoms with Crippen LogP contribution < -0.4 is 0 Å². The molecule has 0 saturated carbocycles. The highest BCUT2D eigenvalue weighted by Gasteiger charge is 2.21. The summed E-state index contributed by atoms with van der Waals surface area (Å²) in [5.74, 6) is -0.0891. The summed E-state index contributed by atoms with van der Waals surface area (Å²) in [4.78, 5) is 13.2. The van der Waals surface area contributed by atoms with Gasteiger partial charge >= 0.3 is 5.97 Å². The molecule has 1 rings (SSSR count). The first-order valence-electron chi connectivity index (χ1n) is 4.51. The summed E-state index contributed by atoms with van der Waals surface area (Å²) in [6.07, 6.45) is 4.18. The lowest BCUT2D eigenvalue weighted by molar-refractivity contribution is -0.142. The lowest BCUT2D eigenvalue weighted by Gasteiger charge is -2.31. The van der Waals surface area contributed by atoms with Gasteiger partial charge in [0.05, 0.1) is 13.5 Å². The van der Waals surface area contributed by atoms with Crippen molar-refractivity contribution >= 4 is 5.97 Å². The van der Waals surface area contributed by atoms with Gasteiger partial charge in [0.25, 0.3) is 0 Å². The third kappa shape index (κ3) is 2.48. The van der Waals surface area contributed by atoms with E-state index in [1.165, 1.54) is 20.0 Å². The quantitative estimate of drug-likeness (QED) is 0.581. The Balaban J connectivity index is 2.33. The van der Waals surface area contributed by atoms with Crippen LogP contribution in [-0.4, -0.2) is 37.6 Å². The number of hydrogen-bond acceptors (Lipinski definition) is 3. The molecule has 1 atom stereocenters. The van der Waals surface area contributed by atoms with Gasteiger partial charge in [-0.2, -0.15) is 0 Å². The predicted octanol–water partition coefficient (Wildman–Crippen LogP) is 1.03. The van der Waals surface area contributed by atoms with Crippen LogP contribution in [0.2, 0.25) is 0 Å². The zero-order chi connectivity index (χ0) is 8.97. The summed E-state index contributed by atoms with van der Waals surface area (Å²) in [6, 6.07) is 0.409. The fraction of sp³-hybridized carbons (Fsp3) is 0.889. The molecular formula is C9H17NO2. The molecule has 0 amide bonds. The van der Waals surface area contributed by atoms with E-state index in [0.717, 1.165) is 13.0 Å². The predicted molar refractivity (Wildman–Crippen MR) is 46.9 cm³/mol. The van der Waals surface area contributed by atoms with E-state index in [9.17, 15) is 4.79 Å². The maximum atomic E-state index is 11.0. The molecule has 0 N–H and O–H groups in total. The average Bonchev–Trinajstić information content (AvgIpc) is 2.09. The Kier molecular flexibility index (Phi) is 3.53. The Labute approximate surface area is 73.7 Å². The maximum Gasteiger partial charge on any atom is 0.307 e. The molecule has 3 nitrogen and oxygen atoms in total. The highest BCUT2D eigenvalue weighted by molar-refractivity contribution is 5.69. The lowest BCUT2D eigenvalue weighted by atomic mass is 10.0. The second-order valence-electron chi connectivity index (χ2n) is 3.41. The van der Waals surface area contributed by atoms with Gasteiger partial charge in [0.2, 0.25) is 0 Å². The van der Waals surface area contributed by atoms with Crippen LogP contribution in [0, 0.1) is 0 Å². The van der Waals surface area contributed by atoms with E-state index in [4.69, 9.17) is 0 Å². The van der Waals surface area contributed by atoms with Crippen LogP contribution in [0.15, 0.2) is 0 Å². The van der Waals surface area contributed by atoms with Gasteiger partial charge in [0.15, 0.2) is 0 Å². The first-order chi connectivity index (χ1) is 5.74. The van der Waals surface area contributed by atoms with Crippen molar-refractivity contribution in [3.05, 3.63) is 0 Å². The fourth-order valence-corrected chi connectivity index (χ4v) is 1.68. The zero-order valence-electron chi connectivity index (χ0n) is 7.88. The molecule has 70 valence electrons. The topological polar surface area (TPSA) is 29.5 Å². The molecule has 0 aliphatic carbocycles. The van der Waals surface area contributed by atoms with Gasteiger partial charge in [-0.15, -0.1) is 0 Å². The zero-order valence-corrected chi connectivity index (χ0v) is 7.88. The van der Waals surface area contributed by atoms with E-state index in [-0.39, 0.29) is 5.97 Å². The number of likely N-dealkylation sites (tertiary alicyclic amines) is 1. The van der Waals surface area contributed by atoms with Crippen LogP contribution in [0.25, 0.3) is 0 Å². The lowest BCUT2D eigenvalue weighted by Crippen LogP contribution is -2.37. The van der Waals surface area contributed by atoms with Crippen molar-refractivity contribution in [2.75, 3.05) is 20.7 Å². The van der Waals surface area contributed by atoms with E-state index >= 15 is 0 Å². The maximum absolute atomic E-state index is 11.0. The molecule has 12 heavy (non-hydrogen) atoms. The number of esters is 1. The number of rotatable bonds is 2. The van der Waals surface area contributed by atoms with Crippen LogP contribution >= 0.6 is 0 Å². The summed E-state index contributed by atoms with van der Waals surface area (Å²) in [5, 5.41) is 0. The summed E-state index contributed by atoms with van der Waals surface area (Å²) >= 11 is 0. The summed E-state index contributed by atoms with van der Waals surface area (Å²) in [5.41, 5.74) is 0. The second kappa shape index (κ2) is 4.45. The van der Waals surface area contributed by atoms with Crippen LogP contribution in [-0.2, 0) is 9.53 Å². The van der Waals surface area contributed by atoms with Crippen molar-refractivity contribution < 1.29 is 9.53 Å². The fourth-order valence-electron chi connectivity index (χ4n) is 1.68. The van der Waals surface area contributed by atoms with Crippen LogP contribution in [0.3, 0.4) is 0 Å². The van der Waals surface area contributed by atoms with Crippen molar-refractivity contribution in [2.45, 2.75) is 31.7 Å². The van der Waals surface area contributed by atoms with Gasteiger partial charge < -0.3 is 9.64 Å². The highest BCUT2D eigenvalue weighted by atomic mass is 16.5. The number of piperidine rings is 1. The average molecular weight is 171 g/mol. The number of carbonyl (C=O) groups excluding carboxylic acids is 1. The van der Waals surface area contributed by atoms with Crippen LogP contribution in [0.5, 0.6) is 0 Å². The number of nitrogens with zero attached hydrogens (tertiary/aromatic N) is 1. The molecule has 0 radical (unpaired) electrons.